The van der Waals surface area contributed by atoms with Crippen molar-refractivity contribution in [2.24, 2.45) is 0 Å². The molecule has 7 nitrogen and oxygen atoms in total. The highest BCUT2D eigenvalue weighted by atomic mass is 16.5. The van der Waals surface area contributed by atoms with Crippen molar-refractivity contribution in [3.05, 3.63) is 64.8 Å². The zero-order valence-corrected chi connectivity index (χ0v) is 14.2. The fourth-order valence-electron chi connectivity index (χ4n) is 2.70. The Hall–Kier alpha value is -3.48. The number of pyridine rings is 1. The maximum absolute atomic E-state index is 12.4. The van der Waals surface area contributed by atoms with E-state index in [1.165, 1.54) is 18.3 Å². The first-order valence-electron chi connectivity index (χ1n) is 8.10. The maximum Gasteiger partial charge on any atom is 0.345 e. The summed E-state index contributed by atoms with van der Waals surface area (Å²) >= 11 is 0. The van der Waals surface area contributed by atoms with Crippen LogP contribution >= 0.6 is 0 Å². The van der Waals surface area contributed by atoms with Crippen molar-refractivity contribution in [3.63, 3.8) is 0 Å². The predicted octanol–water partition coefficient (Wildman–Crippen LogP) is 3.34. The average Bonchev–Trinajstić information content (AvgIpc) is 3.04. The molecule has 0 amide bonds. The number of aromatic nitrogens is 3. The van der Waals surface area contributed by atoms with Gasteiger partial charge in [-0.3, -0.25) is 0 Å². The van der Waals surface area contributed by atoms with Gasteiger partial charge in [0.05, 0.1) is 11.8 Å². The summed E-state index contributed by atoms with van der Waals surface area (Å²) in [6.45, 7) is 4.02. The number of rotatable bonds is 3. The normalized spacial score (nSPS) is 11.3. The minimum absolute atomic E-state index is 0.171. The average molecular weight is 349 g/mol. The lowest BCUT2D eigenvalue weighted by molar-refractivity contribution is 0.0734. The Morgan fingerprint density at radius 1 is 1.12 bits per heavy atom. The SMILES string of the molecule is CC(C)n1ncc2cc(C(=O)Oc3ccc4ccc(=O)oc4c3)cnc21. The van der Waals surface area contributed by atoms with Crippen LogP contribution in [0, 0.1) is 0 Å². The van der Waals surface area contributed by atoms with Crippen LogP contribution in [-0.4, -0.2) is 20.7 Å². The molecule has 0 saturated carbocycles. The molecule has 0 bridgehead atoms. The van der Waals surface area contributed by atoms with Crippen LogP contribution in [0.4, 0.5) is 0 Å². The van der Waals surface area contributed by atoms with Gasteiger partial charge in [-0.25, -0.2) is 19.3 Å². The van der Waals surface area contributed by atoms with Gasteiger partial charge in [-0.1, -0.05) is 0 Å². The molecule has 0 spiro atoms. The summed E-state index contributed by atoms with van der Waals surface area (Å²) in [5.74, 6) is -0.260. The number of fused-ring (bicyclic) bond motifs is 2. The number of hydrogen-bond donors (Lipinski definition) is 0. The van der Waals surface area contributed by atoms with Crippen LogP contribution in [0.25, 0.3) is 22.0 Å². The standard InChI is InChI=1S/C19H15N3O4/c1-11(2)22-18-13(10-21-22)7-14(9-20-18)19(24)25-15-5-3-12-4-6-17(23)26-16(12)8-15/h3-11H,1-2H3. The maximum atomic E-state index is 12.4. The summed E-state index contributed by atoms with van der Waals surface area (Å²) in [5.41, 5.74) is 0.923. The number of carbonyl (C=O) groups excluding carboxylic acids is 1. The third-order valence-electron chi connectivity index (χ3n) is 3.96. The fraction of sp³-hybridized carbons (Fsp3) is 0.158. The fourth-order valence-corrected chi connectivity index (χ4v) is 2.70. The monoisotopic (exact) mass is 349 g/mol. The van der Waals surface area contributed by atoms with Gasteiger partial charge in [0.1, 0.15) is 11.3 Å². The van der Waals surface area contributed by atoms with Crippen molar-refractivity contribution >= 4 is 28.0 Å². The van der Waals surface area contributed by atoms with E-state index < -0.39 is 11.6 Å². The molecular weight excluding hydrogens is 334 g/mol. The lowest BCUT2D eigenvalue weighted by atomic mass is 10.2. The van der Waals surface area contributed by atoms with Gasteiger partial charge in [-0.2, -0.15) is 5.10 Å². The highest BCUT2D eigenvalue weighted by molar-refractivity contribution is 5.94. The van der Waals surface area contributed by atoms with Gasteiger partial charge in [-0.05, 0) is 38.1 Å². The first-order chi connectivity index (χ1) is 12.5. The van der Waals surface area contributed by atoms with Crippen LogP contribution in [0.5, 0.6) is 5.75 Å². The summed E-state index contributed by atoms with van der Waals surface area (Å²) in [6, 6.07) is 9.72. The van der Waals surface area contributed by atoms with Crippen LogP contribution in [-0.2, 0) is 0 Å². The van der Waals surface area contributed by atoms with Crippen molar-refractivity contribution in [2.75, 3.05) is 0 Å². The second kappa shape index (κ2) is 6.11. The Morgan fingerprint density at radius 3 is 2.73 bits per heavy atom. The zero-order valence-electron chi connectivity index (χ0n) is 14.2. The molecule has 4 aromatic rings. The van der Waals surface area contributed by atoms with Gasteiger partial charge in [0, 0.05) is 35.1 Å². The molecule has 7 heteroatoms. The van der Waals surface area contributed by atoms with Gasteiger partial charge in [-0.15, -0.1) is 0 Å². The Balaban J connectivity index is 1.63. The molecule has 0 aliphatic heterocycles. The summed E-state index contributed by atoms with van der Waals surface area (Å²) in [4.78, 5) is 28.1. The van der Waals surface area contributed by atoms with Crippen molar-refractivity contribution < 1.29 is 13.9 Å². The molecule has 0 fully saturated rings. The van der Waals surface area contributed by atoms with Crippen LogP contribution in [0.15, 0.2) is 58.0 Å². The van der Waals surface area contributed by atoms with Crippen LogP contribution in [0.3, 0.4) is 0 Å². The van der Waals surface area contributed by atoms with E-state index in [4.69, 9.17) is 9.15 Å². The third-order valence-corrected chi connectivity index (χ3v) is 3.96. The molecule has 0 atom stereocenters. The highest BCUT2D eigenvalue weighted by Gasteiger charge is 2.14. The Kier molecular flexibility index (Phi) is 3.76. The Bertz CT molecular complexity index is 1190. The van der Waals surface area contributed by atoms with E-state index in [0.29, 0.717) is 16.8 Å². The number of esters is 1. The van der Waals surface area contributed by atoms with Crippen molar-refractivity contribution in [1.29, 1.82) is 0 Å². The minimum Gasteiger partial charge on any atom is -0.423 e. The number of carbonyl (C=O) groups is 1. The first-order valence-corrected chi connectivity index (χ1v) is 8.10. The molecule has 0 saturated heterocycles. The van der Waals surface area contributed by atoms with Gasteiger partial charge in [0.15, 0.2) is 5.65 Å². The quantitative estimate of drug-likeness (QED) is 0.320. The van der Waals surface area contributed by atoms with Gasteiger partial charge in [0.25, 0.3) is 0 Å². The van der Waals surface area contributed by atoms with E-state index in [2.05, 4.69) is 10.1 Å². The number of hydrogen-bond acceptors (Lipinski definition) is 6. The lowest BCUT2D eigenvalue weighted by Crippen LogP contribution is -2.09. The molecular formula is C19H15N3O4. The summed E-state index contributed by atoms with van der Waals surface area (Å²) in [5, 5.41) is 5.79. The molecule has 0 unspecified atom stereocenters. The highest BCUT2D eigenvalue weighted by Crippen LogP contribution is 2.21. The Labute approximate surface area is 147 Å². The number of ether oxygens (including phenoxy) is 1. The van der Waals surface area contributed by atoms with Gasteiger partial charge < -0.3 is 9.15 Å². The molecule has 1 aromatic carbocycles. The molecule has 0 N–H and O–H groups in total. The van der Waals surface area contributed by atoms with Gasteiger partial charge in [0.2, 0.25) is 0 Å². The van der Waals surface area contributed by atoms with E-state index in [0.717, 1.165) is 10.8 Å². The Morgan fingerprint density at radius 2 is 1.92 bits per heavy atom. The summed E-state index contributed by atoms with van der Waals surface area (Å²) in [7, 11) is 0. The van der Waals surface area contributed by atoms with E-state index >= 15 is 0 Å². The van der Waals surface area contributed by atoms with E-state index in [-0.39, 0.29) is 11.8 Å². The first kappa shape index (κ1) is 16.0. The van der Waals surface area contributed by atoms with Crippen LogP contribution in [0.1, 0.15) is 30.2 Å². The molecule has 4 rings (SSSR count). The van der Waals surface area contributed by atoms with Crippen molar-refractivity contribution in [1.82, 2.24) is 14.8 Å². The zero-order chi connectivity index (χ0) is 18.3. The number of nitrogens with zero attached hydrogens (tertiary/aromatic N) is 3. The minimum atomic E-state index is -0.547. The summed E-state index contributed by atoms with van der Waals surface area (Å²) in [6.07, 6.45) is 3.14. The van der Waals surface area contributed by atoms with E-state index in [1.807, 2.05) is 13.8 Å². The molecule has 0 aliphatic carbocycles. The second-order valence-electron chi connectivity index (χ2n) is 6.16. The molecule has 3 heterocycles. The summed E-state index contributed by atoms with van der Waals surface area (Å²) < 4.78 is 12.3. The van der Waals surface area contributed by atoms with Crippen molar-refractivity contribution in [2.45, 2.75) is 19.9 Å². The van der Waals surface area contributed by atoms with E-state index in [9.17, 15) is 9.59 Å². The largest absolute Gasteiger partial charge is 0.423 e. The molecule has 0 radical (unpaired) electrons. The smallest absolute Gasteiger partial charge is 0.345 e. The second-order valence-corrected chi connectivity index (χ2v) is 6.16. The van der Waals surface area contributed by atoms with Crippen molar-refractivity contribution in [3.8, 4) is 5.75 Å². The third kappa shape index (κ3) is 2.83. The van der Waals surface area contributed by atoms with Crippen LogP contribution < -0.4 is 10.4 Å². The number of benzene rings is 1. The molecule has 0 aliphatic rings. The van der Waals surface area contributed by atoms with Crippen LogP contribution in [0.2, 0.25) is 0 Å². The lowest BCUT2D eigenvalue weighted by Gasteiger charge is -2.07. The topological polar surface area (TPSA) is 87.2 Å². The molecule has 130 valence electrons. The molecule has 26 heavy (non-hydrogen) atoms. The van der Waals surface area contributed by atoms with E-state index in [1.54, 1.807) is 35.1 Å². The predicted molar refractivity (Wildman–Crippen MR) is 95.4 cm³/mol. The molecule has 3 aromatic heterocycles. The van der Waals surface area contributed by atoms with Gasteiger partial charge >= 0.3 is 11.6 Å².